The Bertz CT molecular complexity index is 962. The van der Waals surface area contributed by atoms with Gasteiger partial charge in [0.15, 0.2) is 5.76 Å². The molecule has 0 unspecified atom stereocenters. The fourth-order valence-electron chi connectivity index (χ4n) is 2.70. The van der Waals surface area contributed by atoms with Crippen molar-refractivity contribution in [3.05, 3.63) is 71.1 Å². The number of carbonyl (C=O) groups is 2. The summed E-state index contributed by atoms with van der Waals surface area (Å²) in [4.78, 5) is 29.0. The number of amides is 2. The molecule has 6 nitrogen and oxygen atoms in total. The summed E-state index contributed by atoms with van der Waals surface area (Å²) in [5.41, 5.74) is 3.54. The first-order valence-corrected chi connectivity index (χ1v) is 8.16. The summed E-state index contributed by atoms with van der Waals surface area (Å²) >= 11 is 0. The highest BCUT2D eigenvalue weighted by Gasteiger charge is 2.16. The first-order chi connectivity index (χ1) is 12.5. The van der Waals surface area contributed by atoms with Gasteiger partial charge in [-0.2, -0.15) is 0 Å². The Morgan fingerprint density at radius 1 is 0.962 bits per heavy atom. The molecule has 0 bridgehead atoms. The largest absolute Gasteiger partial charge is 0.463 e. The number of carbonyl (C=O) groups excluding carboxylic acids is 2. The lowest BCUT2D eigenvalue weighted by Crippen LogP contribution is -2.20. The molecule has 0 fully saturated rings. The normalized spacial score (nSPS) is 10.4. The zero-order valence-corrected chi connectivity index (χ0v) is 14.8. The molecule has 0 saturated heterocycles. The maximum atomic E-state index is 12.7. The topological polar surface area (TPSA) is 84.2 Å². The molecule has 0 radical (unpaired) electrons. The summed E-state index contributed by atoms with van der Waals surface area (Å²) in [6.45, 7) is 3.57. The van der Waals surface area contributed by atoms with Crippen LogP contribution in [0.5, 0.6) is 0 Å². The molecule has 26 heavy (non-hydrogen) atoms. The van der Waals surface area contributed by atoms with E-state index in [0.29, 0.717) is 39.5 Å². The molecule has 0 aliphatic heterocycles. The van der Waals surface area contributed by atoms with E-state index in [9.17, 15) is 9.59 Å². The molecule has 132 valence electrons. The van der Waals surface area contributed by atoms with Crippen LogP contribution in [0.3, 0.4) is 0 Å². The van der Waals surface area contributed by atoms with Gasteiger partial charge in [0.1, 0.15) is 5.69 Å². The van der Waals surface area contributed by atoms with Crippen molar-refractivity contribution in [2.45, 2.75) is 13.8 Å². The average Bonchev–Trinajstić information content (AvgIpc) is 3.17. The van der Waals surface area contributed by atoms with Crippen molar-refractivity contribution in [2.24, 2.45) is 0 Å². The zero-order chi connectivity index (χ0) is 18.7. The maximum absolute atomic E-state index is 12.7. The van der Waals surface area contributed by atoms with E-state index >= 15 is 0 Å². The van der Waals surface area contributed by atoms with Crippen molar-refractivity contribution in [1.82, 2.24) is 10.3 Å². The predicted molar refractivity (Wildman–Crippen MR) is 99.2 cm³/mol. The van der Waals surface area contributed by atoms with E-state index in [-0.39, 0.29) is 11.8 Å². The van der Waals surface area contributed by atoms with Crippen molar-refractivity contribution in [3.63, 3.8) is 0 Å². The standard InChI is InChI=1S/C20H19N3O3/c1-12-14(19(24)21-3)6-4-7-16(12)23-20(25)15-9-10-17(22-13(15)2)18-8-5-11-26-18/h4-11H,1-3H3,(H,21,24)(H,23,25). The first kappa shape index (κ1) is 17.4. The molecule has 2 N–H and O–H groups in total. The van der Waals surface area contributed by atoms with Crippen LogP contribution in [0, 0.1) is 13.8 Å². The van der Waals surface area contributed by atoms with Gasteiger partial charge in [-0.05, 0) is 55.8 Å². The highest BCUT2D eigenvalue weighted by molar-refractivity contribution is 6.06. The number of nitrogens with zero attached hydrogens (tertiary/aromatic N) is 1. The number of pyridine rings is 1. The number of nitrogens with one attached hydrogen (secondary N) is 2. The van der Waals surface area contributed by atoms with Gasteiger partial charge in [-0.15, -0.1) is 0 Å². The second-order valence-electron chi connectivity index (χ2n) is 5.82. The number of aryl methyl sites for hydroxylation is 1. The Morgan fingerprint density at radius 2 is 1.77 bits per heavy atom. The molecule has 2 heterocycles. The fraction of sp³-hybridized carbons (Fsp3) is 0.150. The van der Waals surface area contributed by atoms with E-state index in [2.05, 4.69) is 15.6 Å². The highest BCUT2D eigenvalue weighted by Crippen LogP contribution is 2.22. The van der Waals surface area contributed by atoms with Crippen molar-refractivity contribution in [2.75, 3.05) is 12.4 Å². The average molecular weight is 349 g/mol. The number of hydrogen-bond donors (Lipinski definition) is 2. The first-order valence-electron chi connectivity index (χ1n) is 8.16. The van der Waals surface area contributed by atoms with Crippen LogP contribution in [-0.2, 0) is 0 Å². The summed E-state index contributed by atoms with van der Waals surface area (Å²) in [6, 6.07) is 12.3. The Balaban J connectivity index is 1.86. The summed E-state index contributed by atoms with van der Waals surface area (Å²) in [5.74, 6) is 0.173. The van der Waals surface area contributed by atoms with Gasteiger partial charge in [0.25, 0.3) is 11.8 Å². The van der Waals surface area contributed by atoms with Crippen molar-refractivity contribution in [1.29, 1.82) is 0 Å². The highest BCUT2D eigenvalue weighted by atomic mass is 16.3. The molecule has 0 atom stereocenters. The van der Waals surface area contributed by atoms with Gasteiger partial charge in [-0.1, -0.05) is 6.07 Å². The van der Waals surface area contributed by atoms with Gasteiger partial charge < -0.3 is 15.1 Å². The summed E-state index contributed by atoms with van der Waals surface area (Å²) in [6.07, 6.45) is 1.58. The van der Waals surface area contributed by atoms with Gasteiger partial charge in [0.05, 0.1) is 17.5 Å². The van der Waals surface area contributed by atoms with E-state index in [1.54, 1.807) is 63.6 Å². The Morgan fingerprint density at radius 3 is 2.42 bits per heavy atom. The minimum atomic E-state index is -0.279. The molecule has 2 amide bonds. The lowest BCUT2D eigenvalue weighted by Gasteiger charge is -2.13. The van der Waals surface area contributed by atoms with Crippen molar-refractivity contribution >= 4 is 17.5 Å². The van der Waals surface area contributed by atoms with Gasteiger partial charge in [-0.3, -0.25) is 9.59 Å². The fourth-order valence-corrected chi connectivity index (χ4v) is 2.70. The molecule has 2 aromatic heterocycles. The minimum Gasteiger partial charge on any atom is -0.463 e. The number of aromatic nitrogens is 1. The zero-order valence-electron chi connectivity index (χ0n) is 14.8. The third-order valence-electron chi connectivity index (χ3n) is 4.16. The second kappa shape index (κ2) is 7.23. The third kappa shape index (κ3) is 3.35. The molecule has 1 aromatic carbocycles. The summed E-state index contributed by atoms with van der Waals surface area (Å²) in [5, 5.41) is 5.45. The van der Waals surface area contributed by atoms with Gasteiger partial charge in [-0.25, -0.2) is 4.98 Å². The van der Waals surface area contributed by atoms with Crippen LogP contribution in [0.1, 0.15) is 32.0 Å². The van der Waals surface area contributed by atoms with E-state index in [0.717, 1.165) is 0 Å². The maximum Gasteiger partial charge on any atom is 0.257 e. The van der Waals surface area contributed by atoms with Crippen LogP contribution in [0.2, 0.25) is 0 Å². The van der Waals surface area contributed by atoms with Crippen LogP contribution in [0.4, 0.5) is 5.69 Å². The molecular formula is C20H19N3O3. The van der Waals surface area contributed by atoms with Gasteiger partial charge in [0.2, 0.25) is 0 Å². The molecule has 6 heteroatoms. The molecule has 0 saturated carbocycles. The lowest BCUT2D eigenvalue weighted by atomic mass is 10.1. The number of rotatable bonds is 4. The van der Waals surface area contributed by atoms with Crippen LogP contribution >= 0.6 is 0 Å². The number of benzene rings is 1. The SMILES string of the molecule is CNC(=O)c1cccc(NC(=O)c2ccc(-c3ccco3)nc2C)c1C. The van der Waals surface area contributed by atoms with Crippen molar-refractivity contribution < 1.29 is 14.0 Å². The van der Waals surface area contributed by atoms with Crippen molar-refractivity contribution in [3.8, 4) is 11.5 Å². The van der Waals surface area contributed by atoms with E-state index < -0.39 is 0 Å². The molecule has 3 rings (SSSR count). The lowest BCUT2D eigenvalue weighted by molar-refractivity contribution is 0.0960. The molecule has 0 spiro atoms. The quantitative estimate of drug-likeness (QED) is 0.754. The van der Waals surface area contributed by atoms with Gasteiger partial charge >= 0.3 is 0 Å². The molecule has 0 aliphatic carbocycles. The van der Waals surface area contributed by atoms with E-state index in [4.69, 9.17) is 4.42 Å². The Kier molecular flexibility index (Phi) is 4.84. The van der Waals surface area contributed by atoms with Gasteiger partial charge in [0, 0.05) is 18.3 Å². The van der Waals surface area contributed by atoms with Crippen LogP contribution in [0.15, 0.2) is 53.1 Å². The molecule has 3 aromatic rings. The summed E-state index contributed by atoms with van der Waals surface area (Å²) < 4.78 is 5.33. The third-order valence-corrected chi connectivity index (χ3v) is 4.16. The number of anilines is 1. The Labute approximate surface area is 151 Å². The second-order valence-corrected chi connectivity index (χ2v) is 5.82. The smallest absolute Gasteiger partial charge is 0.257 e. The predicted octanol–water partition coefficient (Wildman–Crippen LogP) is 3.57. The van der Waals surface area contributed by atoms with E-state index in [1.807, 2.05) is 6.07 Å². The van der Waals surface area contributed by atoms with Crippen LogP contribution in [-0.4, -0.2) is 23.8 Å². The minimum absolute atomic E-state index is 0.195. The molecular weight excluding hydrogens is 330 g/mol. The number of hydrogen-bond acceptors (Lipinski definition) is 4. The number of furan rings is 1. The summed E-state index contributed by atoms with van der Waals surface area (Å²) in [7, 11) is 1.57. The van der Waals surface area contributed by atoms with Crippen LogP contribution < -0.4 is 10.6 Å². The Hall–Kier alpha value is -3.41. The van der Waals surface area contributed by atoms with E-state index in [1.165, 1.54) is 0 Å². The molecule has 0 aliphatic rings. The van der Waals surface area contributed by atoms with Crippen LogP contribution in [0.25, 0.3) is 11.5 Å². The monoisotopic (exact) mass is 349 g/mol.